The molecule has 0 radical (unpaired) electrons. The first-order chi connectivity index (χ1) is 13.0. The van der Waals surface area contributed by atoms with Crippen LogP contribution in [0, 0.1) is 19.8 Å². The third-order valence-electron chi connectivity index (χ3n) is 5.14. The van der Waals surface area contributed by atoms with E-state index >= 15 is 0 Å². The molecule has 2 fully saturated rings. The summed E-state index contributed by atoms with van der Waals surface area (Å²) in [6.07, 6.45) is 4.44. The molecule has 2 aromatic carbocycles. The van der Waals surface area contributed by atoms with Crippen molar-refractivity contribution in [3.8, 4) is 0 Å². The number of hydrogen-bond acceptors (Lipinski definition) is 2. The highest BCUT2D eigenvalue weighted by atomic mass is 16.7. The highest BCUT2D eigenvalue weighted by Crippen LogP contribution is 2.40. The largest absolute Gasteiger partial charge is 0.412 e. The van der Waals surface area contributed by atoms with Crippen molar-refractivity contribution >= 4 is 0 Å². The van der Waals surface area contributed by atoms with Crippen molar-refractivity contribution in [2.45, 2.75) is 52.2 Å². The van der Waals surface area contributed by atoms with Crippen LogP contribution in [-0.4, -0.2) is 24.5 Å². The summed E-state index contributed by atoms with van der Waals surface area (Å²) < 4.78 is 11.3. The van der Waals surface area contributed by atoms with E-state index in [4.69, 9.17) is 9.47 Å². The smallest absolute Gasteiger partial charge is 0.168 e. The SMILES string of the molecule is C=C(C)C1CCC2(CC1)OCCO2.Cc1ccccc1.Cc1ccccc1.O. The maximum atomic E-state index is 5.66. The molecule has 0 atom stereocenters. The van der Waals surface area contributed by atoms with Gasteiger partial charge in [-0.1, -0.05) is 83.9 Å². The van der Waals surface area contributed by atoms with Crippen LogP contribution in [0.25, 0.3) is 0 Å². The first kappa shape index (κ1) is 24.1. The number of aryl methyl sites for hydroxylation is 2. The molecule has 2 N–H and O–H groups in total. The molecule has 1 saturated carbocycles. The first-order valence-corrected chi connectivity index (χ1v) is 9.97. The number of allylic oxidation sites excluding steroid dienone is 1. The Balaban J connectivity index is 0.000000224. The van der Waals surface area contributed by atoms with E-state index < -0.39 is 0 Å². The van der Waals surface area contributed by atoms with Gasteiger partial charge in [-0.15, -0.1) is 0 Å². The van der Waals surface area contributed by atoms with E-state index in [1.54, 1.807) is 0 Å². The van der Waals surface area contributed by atoms with E-state index in [0.717, 1.165) is 26.1 Å². The molecule has 3 nitrogen and oxygen atoms in total. The average molecular weight is 385 g/mol. The number of benzene rings is 2. The van der Waals surface area contributed by atoms with Crippen molar-refractivity contribution in [1.82, 2.24) is 0 Å². The minimum absolute atomic E-state index is 0. The summed E-state index contributed by atoms with van der Waals surface area (Å²) >= 11 is 0. The van der Waals surface area contributed by atoms with Crippen LogP contribution in [0.2, 0.25) is 0 Å². The van der Waals surface area contributed by atoms with Crippen LogP contribution in [0.15, 0.2) is 72.8 Å². The molecule has 3 heteroatoms. The molecule has 28 heavy (non-hydrogen) atoms. The van der Waals surface area contributed by atoms with Crippen LogP contribution in [-0.2, 0) is 9.47 Å². The zero-order valence-electron chi connectivity index (χ0n) is 17.6. The summed E-state index contributed by atoms with van der Waals surface area (Å²) in [7, 11) is 0. The van der Waals surface area contributed by atoms with Gasteiger partial charge in [0.1, 0.15) is 0 Å². The molecule has 2 aromatic rings. The van der Waals surface area contributed by atoms with Gasteiger partial charge in [-0.2, -0.15) is 0 Å². The number of ether oxygens (including phenoxy) is 2. The molecule has 0 aromatic heterocycles. The monoisotopic (exact) mass is 384 g/mol. The van der Waals surface area contributed by atoms with Crippen molar-refractivity contribution in [2.75, 3.05) is 13.2 Å². The summed E-state index contributed by atoms with van der Waals surface area (Å²) in [5.41, 5.74) is 3.96. The van der Waals surface area contributed by atoms with E-state index in [1.807, 2.05) is 36.4 Å². The molecule has 0 bridgehead atoms. The van der Waals surface area contributed by atoms with Crippen LogP contribution >= 0.6 is 0 Å². The van der Waals surface area contributed by atoms with Crippen LogP contribution in [0.5, 0.6) is 0 Å². The second kappa shape index (κ2) is 12.5. The number of hydrogen-bond donors (Lipinski definition) is 0. The van der Waals surface area contributed by atoms with Gasteiger partial charge in [0.15, 0.2) is 5.79 Å². The van der Waals surface area contributed by atoms with Gasteiger partial charge < -0.3 is 14.9 Å². The lowest BCUT2D eigenvalue weighted by molar-refractivity contribution is -0.180. The van der Waals surface area contributed by atoms with Gasteiger partial charge in [-0.3, -0.25) is 0 Å². The van der Waals surface area contributed by atoms with Crippen molar-refractivity contribution in [3.63, 3.8) is 0 Å². The second-order valence-corrected chi connectivity index (χ2v) is 7.54. The van der Waals surface area contributed by atoms with Gasteiger partial charge in [0.05, 0.1) is 13.2 Å². The molecule has 0 amide bonds. The van der Waals surface area contributed by atoms with Gasteiger partial charge in [-0.05, 0) is 39.5 Å². The molecule has 1 spiro atoms. The van der Waals surface area contributed by atoms with Crippen LogP contribution in [0.3, 0.4) is 0 Å². The van der Waals surface area contributed by atoms with Crippen LogP contribution in [0.4, 0.5) is 0 Å². The molecule has 1 saturated heterocycles. The van der Waals surface area contributed by atoms with Gasteiger partial charge in [0.25, 0.3) is 0 Å². The summed E-state index contributed by atoms with van der Waals surface area (Å²) in [4.78, 5) is 0. The molecule has 1 aliphatic carbocycles. The molecule has 0 unspecified atom stereocenters. The maximum absolute atomic E-state index is 5.66. The Morgan fingerprint density at radius 1 is 0.821 bits per heavy atom. The van der Waals surface area contributed by atoms with Gasteiger partial charge >= 0.3 is 0 Å². The summed E-state index contributed by atoms with van der Waals surface area (Å²) in [6, 6.07) is 20.5. The predicted molar refractivity (Wildman–Crippen MR) is 117 cm³/mol. The number of rotatable bonds is 1. The second-order valence-electron chi connectivity index (χ2n) is 7.54. The fourth-order valence-electron chi connectivity index (χ4n) is 3.40. The molecule has 1 heterocycles. The molecule has 4 rings (SSSR count). The van der Waals surface area contributed by atoms with E-state index in [9.17, 15) is 0 Å². The lowest BCUT2D eigenvalue weighted by Crippen LogP contribution is -2.35. The molecular weight excluding hydrogens is 348 g/mol. The van der Waals surface area contributed by atoms with Crippen LogP contribution < -0.4 is 0 Å². The highest BCUT2D eigenvalue weighted by Gasteiger charge is 2.40. The Morgan fingerprint density at radius 3 is 1.50 bits per heavy atom. The summed E-state index contributed by atoms with van der Waals surface area (Å²) in [5.74, 6) is 0.491. The Hall–Kier alpha value is -1.94. The Kier molecular flexibility index (Phi) is 10.8. The van der Waals surface area contributed by atoms with E-state index in [2.05, 4.69) is 51.6 Å². The Bertz CT molecular complexity index is 613. The average Bonchev–Trinajstić information content (AvgIpc) is 3.12. The fourth-order valence-corrected chi connectivity index (χ4v) is 3.40. The fraction of sp³-hybridized carbons (Fsp3) is 0.440. The van der Waals surface area contributed by atoms with Gasteiger partial charge in [-0.25, -0.2) is 0 Å². The summed E-state index contributed by atoms with van der Waals surface area (Å²) in [5, 5.41) is 0. The lowest BCUT2D eigenvalue weighted by Gasteiger charge is -2.35. The molecule has 154 valence electrons. The maximum Gasteiger partial charge on any atom is 0.168 e. The zero-order valence-corrected chi connectivity index (χ0v) is 17.6. The predicted octanol–water partition coefficient (Wildman–Crippen LogP) is 5.66. The minimum atomic E-state index is -0.202. The van der Waals surface area contributed by atoms with E-state index in [0.29, 0.717) is 5.92 Å². The van der Waals surface area contributed by atoms with E-state index in [1.165, 1.54) is 29.5 Å². The molecular formula is C25H36O3. The van der Waals surface area contributed by atoms with E-state index in [-0.39, 0.29) is 11.3 Å². The zero-order chi connectivity index (χ0) is 19.5. The molecule has 1 aliphatic heterocycles. The van der Waals surface area contributed by atoms with Crippen molar-refractivity contribution in [3.05, 3.63) is 83.9 Å². The third-order valence-corrected chi connectivity index (χ3v) is 5.14. The van der Waals surface area contributed by atoms with Gasteiger partial charge in [0.2, 0.25) is 0 Å². The quantitative estimate of drug-likeness (QED) is 0.596. The minimum Gasteiger partial charge on any atom is -0.412 e. The van der Waals surface area contributed by atoms with Crippen molar-refractivity contribution < 1.29 is 14.9 Å². The van der Waals surface area contributed by atoms with Crippen LogP contribution in [0.1, 0.15) is 43.7 Å². The topological polar surface area (TPSA) is 50.0 Å². The Morgan fingerprint density at radius 2 is 1.21 bits per heavy atom. The standard InChI is InChI=1S/C11H18O2.2C7H8.H2O/c1-9(2)10-3-5-11(6-4-10)12-7-8-13-11;2*1-7-5-3-2-4-6-7;/h10H,1,3-8H2,2H3;2*2-6H,1H3;1H2. The van der Waals surface area contributed by atoms with Crippen molar-refractivity contribution in [1.29, 1.82) is 0 Å². The summed E-state index contributed by atoms with van der Waals surface area (Å²) in [6.45, 7) is 11.9. The van der Waals surface area contributed by atoms with Crippen molar-refractivity contribution in [2.24, 2.45) is 5.92 Å². The molecule has 2 aliphatic rings. The first-order valence-electron chi connectivity index (χ1n) is 9.97. The lowest BCUT2D eigenvalue weighted by atomic mass is 9.82. The Labute approximate surface area is 170 Å². The normalized spacial score (nSPS) is 17.4. The highest BCUT2D eigenvalue weighted by molar-refractivity contribution is 5.12. The third kappa shape index (κ3) is 8.39. The van der Waals surface area contributed by atoms with Gasteiger partial charge in [0, 0.05) is 12.8 Å².